The summed E-state index contributed by atoms with van der Waals surface area (Å²) in [4.78, 5) is 25.1. The second-order valence-electron chi connectivity index (χ2n) is 6.29. The summed E-state index contributed by atoms with van der Waals surface area (Å²) in [5, 5.41) is 2.91. The standard InChI is InChI=1S/C19H22N2O3/c1-13-5-3-6-15(11-13)12-21-9-4-7-16(19(21)23)18(22)20-17-8-10-24-14(17)2/h3-7,9,11,14,17H,8,10,12H2,1-2H3,(H,20,22)/t14-,17-/m1/s1. The van der Waals surface area contributed by atoms with Gasteiger partial charge in [0.2, 0.25) is 0 Å². The van der Waals surface area contributed by atoms with Crippen LogP contribution in [0.4, 0.5) is 0 Å². The summed E-state index contributed by atoms with van der Waals surface area (Å²) in [6.07, 6.45) is 2.46. The summed E-state index contributed by atoms with van der Waals surface area (Å²) >= 11 is 0. The quantitative estimate of drug-likeness (QED) is 0.936. The Morgan fingerprint density at radius 3 is 2.88 bits per heavy atom. The predicted octanol–water partition coefficient (Wildman–Crippen LogP) is 2.11. The van der Waals surface area contributed by atoms with Gasteiger partial charge in [0.1, 0.15) is 5.56 Å². The lowest BCUT2D eigenvalue weighted by Gasteiger charge is -2.16. The van der Waals surface area contributed by atoms with E-state index in [-0.39, 0.29) is 29.2 Å². The highest BCUT2D eigenvalue weighted by Crippen LogP contribution is 2.13. The van der Waals surface area contributed by atoms with Crippen LogP contribution in [0.5, 0.6) is 0 Å². The van der Waals surface area contributed by atoms with Crippen LogP contribution in [0.3, 0.4) is 0 Å². The third-order valence-electron chi connectivity index (χ3n) is 4.39. The van der Waals surface area contributed by atoms with Gasteiger partial charge >= 0.3 is 0 Å². The lowest BCUT2D eigenvalue weighted by molar-refractivity contribution is 0.0864. The van der Waals surface area contributed by atoms with Gasteiger partial charge in [0, 0.05) is 12.8 Å². The minimum absolute atomic E-state index is 0.0211. The average molecular weight is 326 g/mol. The van der Waals surface area contributed by atoms with Crippen LogP contribution in [-0.4, -0.2) is 29.2 Å². The largest absolute Gasteiger partial charge is 0.376 e. The summed E-state index contributed by atoms with van der Waals surface area (Å²) in [5.74, 6) is -0.332. The molecule has 1 aromatic carbocycles. The number of hydrogen-bond donors (Lipinski definition) is 1. The van der Waals surface area contributed by atoms with Crippen LogP contribution in [0, 0.1) is 6.92 Å². The van der Waals surface area contributed by atoms with E-state index >= 15 is 0 Å². The summed E-state index contributed by atoms with van der Waals surface area (Å²) in [5.41, 5.74) is 2.07. The molecule has 0 saturated carbocycles. The zero-order valence-electron chi connectivity index (χ0n) is 14.0. The maximum Gasteiger partial charge on any atom is 0.263 e. The Hall–Kier alpha value is -2.40. The molecule has 2 aromatic rings. The summed E-state index contributed by atoms with van der Waals surface area (Å²) in [6.45, 7) is 5.03. The number of amides is 1. The number of aryl methyl sites for hydroxylation is 1. The van der Waals surface area contributed by atoms with Gasteiger partial charge in [0.15, 0.2) is 0 Å². The molecule has 126 valence electrons. The molecule has 3 rings (SSSR count). The van der Waals surface area contributed by atoms with E-state index in [9.17, 15) is 9.59 Å². The Morgan fingerprint density at radius 2 is 2.17 bits per heavy atom. The van der Waals surface area contributed by atoms with Crippen LogP contribution in [0.15, 0.2) is 47.4 Å². The lowest BCUT2D eigenvalue weighted by atomic mass is 10.1. The van der Waals surface area contributed by atoms with Crippen LogP contribution in [-0.2, 0) is 11.3 Å². The highest BCUT2D eigenvalue weighted by atomic mass is 16.5. The third kappa shape index (κ3) is 3.57. The zero-order chi connectivity index (χ0) is 17.1. The molecule has 0 radical (unpaired) electrons. The number of pyridine rings is 1. The van der Waals surface area contributed by atoms with Gasteiger partial charge in [0.05, 0.1) is 18.7 Å². The fourth-order valence-electron chi connectivity index (χ4n) is 3.01. The molecule has 2 heterocycles. The number of hydrogen-bond acceptors (Lipinski definition) is 3. The SMILES string of the molecule is Cc1cccc(Cn2cccc(C(=O)N[C@@H]3CCO[C@@H]3C)c2=O)c1. The van der Waals surface area contributed by atoms with Crippen LogP contribution in [0.1, 0.15) is 34.8 Å². The van der Waals surface area contributed by atoms with Gasteiger partial charge < -0.3 is 14.6 Å². The van der Waals surface area contributed by atoms with Crippen molar-refractivity contribution in [3.05, 3.63) is 69.6 Å². The van der Waals surface area contributed by atoms with Crippen LogP contribution in [0.25, 0.3) is 0 Å². The van der Waals surface area contributed by atoms with Crippen molar-refractivity contribution in [2.24, 2.45) is 0 Å². The van der Waals surface area contributed by atoms with Crippen LogP contribution < -0.4 is 10.9 Å². The number of nitrogens with one attached hydrogen (secondary N) is 1. The second-order valence-corrected chi connectivity index (χ2v) is 6.29. The molecule has 1 amide bonds. The molecule has 1 aliphatic heterocycles. The average Bonchev–Trinajstić information content (AvgIpc) is 2.94. The van der Waals surface area contributed by atoms with E-state index in [1.54, 1.807) is 22.9 Å². The molecule has 2 atom stereocenters. The van der Waals surface area contributed by atoms with Crippen molar-refractivity contribution in [2.45, 2.75) is 39.0 Å². The molecule has 0 unspecified atom stereocenters. The number of rotatable bonds is 4. The maximum absolute atomic E-state index is 12.6. The summed E-state index contributed by atoms with van der Waals surface area (Å²) in [6, 6.07) is 11.3. The number of carbonyl (C=O) groups is 1. The third-order valence-corrected chi connectivity index (χ3v) is 4.39. The monoisotopic (exact) mass is 326 g/mol. The van der Waals surface area contributed by atoms with Gasteiger partial charge in [-0.2, -0.15) is 0 Å². The second kappa shape index (κ2) is 7.01. The van der Waals surface area contributed by atoms with Gasteiger partial charge in [-0.05, 0) is 38.0 Å². The van der Waals surface area contributed by atoms with Crippen molar-refractivity contribution < 1.29 is 9.53 Å². The molecule has 1 N–H and O–H groups in total. The van der Waals surface area contributed by atoms with Crippen LogP contribution >= 0.6 is 0 Å². The van der Waals surface area contributed by atoms with Crippen molar-refractivity contribution in [3.63, 3.8) is 0 Å². The Bertz CT molecular complexity index is 797. The van der Waals surface area contributed by atoms with Crippen molar-refractivity contribution in [2.75, 3.05) is 6.61 Å². The fourth-order valence-corrected chi connectivity index (χ4v) is 3.01. The Labute approximate surface area is 141 Å². The Balaban J connectivity index is 1.80. The van der Waals surface area contributed by atoms with Gasteiger partial charge in [-0.3, -0.25) is 9.59 Å². The molecule has 0 aliphatic carbocycles. The molecule has 0 spiro atoms. The highest BCUT2D eigenvalue weighted by molar-refractivity contribution is 5.94. The Morgan fingerprint density at radius 1 is 1.33 bits per heavy atom. The van der Waals surface area contributed by atoms with E-state index in [1.807, 2.05) is 38.1 Å². The zero-order valence-corrected chi connectivity index (χ0v) is 14.0. The fraction of sp³-hybridized carbons (Fsp3) is 0.368. The van der Waals surface area contributed by atoms with E-state index < -0.39 is 0 Å². The molecule has 0 bridgehead atoms. The van der Waals surface area contributed by atoms with Gasteiger partial charge in [-0.25, -0.2) is 0 Å². The molecule has 5 heteroatoms. The molecular weight excluding hydrogens is 304 g/mol. The van der Waals surface area contributed by atoms with Gasteiger partial charge in [-0.15, -0.1) is 0 Å². The molecule has 24 heavy (non-hydrogen) atoms. The summed E-state index contributed by atoms with van der Waals surface area (Å²) < 4.78 is 7.02. The topological polar surface area (TPSA) is 60.3 Å². The Kier molecular flexibility index (Phi) is 4.81. The molecular formula is C19H22N2O3. The van der Waals surface area contributed by atoms with Crippen molar-refractivity contribution >= 4 is 5.91 Å². The minimum atomic E-state index is -0.332. The molecule has 1 aliphatic rings. The van der Waals surface area contributed by atoms with Crippen molar-refractivity contribution in [1.29, 1.82) is 0 Å². The van der Waals surface area contributed by atoms with E-state index in [0.717, 1.165) is 17.5 Å². The first-order valence-corrected chi connectivity index (χ1v) is 8.22. The first-order chi connectivity index (χ1) is 11.5. The van der Waals surface area contributed by atoms with Crippen molar-refractivity contribution in [3.8, 4) is 0 Å². The summed E-state index contributed by atoms with van der Waals surface area (Å²) in [7, 11) is 0. The molecule has 1 fully saturated rings. The number of ether oxygens (including phenoxy) is 1. The van der Waals surface area contributed by atoms with Crippen LogP contribution in [0.2, 0.25) is 0 Å². The lowest BCUT2D eigenvalue weighted by Crippen LogP contribution is -2.42. The van der Waals surface area contributed by atoms with E-state index in [2.05, 4.69) is 5.32 Å². The first-order valence-electron chi connectivity index (χ1n) is 8.22. The maximum atomic E-state index is 12.6. The smallest absolute Gasteiger partial charge is 0.263 e. The van der Waals surface area contributed by atoms with Crippen molar-refractivity contribution in [1.82, 2.24) is 9.88 Å². The number of aromatic nitrogens is 1. The number of carbonyl (C=O) groups excluding carboxylic acids is 1. The minimum Gasteiger partial charge on any atom is -0.376 e. The van der Waals surface area contributed by atoms with E-state index in [4.69, 9.17) is 4.74 Å². The molecule has 1 aromatic heterocycles. The molecule has 1 saturated heterocycles. The number of nitrogens with zero attached hydrogens (tertiary/aromatic N) is 1. The van der Waals surface area contributed by atoms with Gasteiger partial charge in [-0.1, -0.05) is 29.8 Å². The number of benzene rings is 1. The normalized spacial score (nSPS) is 20.1. The predicted molar refractivity (Wildman–Crippen MR) is 92.3 cm³/mol. The van der Waals surface area contributed by atoms with E-state index in [0.29, 0.717) is 13.2 Å². The van der Waals surface area contributed by atoms with E-state index in [1.165, 1.54) is 0 Å². The van der Waals surface area contributed by atoms with Gasteiger partial charge in [0.25, 0.3) is 11.5 Å². The molecule has 5 nitrogen and oxygen atoms in total. The first kappa shape index (κ1) is 16.5. The highest BCUT2D eigenvalue weighted by Gasteiger charge is 2.26.